The Morgan fingerprint density at radius 3 is 2.71 bits per heavy atom. The Balaban J connectivity index is 1.47. The van der Waals surface area contributed by atoms with Crippen LogP contribution in [0.2, 0.25) is 5.02 Å². The zero-order valence-corrected chi connectivity index (χ0v) is 18.7. The molecular weight excluding hydrogens is 432 g/mol. The first-order valence-electron chi connectivity index (χ1n) is 9.80. The highest BCUT2D eigenvalue weighted by Gasteiger charge is 2.16. The molecule has 0 saturated carbocycles. The number of hydrogen-bond donors (Lipinski definition) is 2. The molecule has 6 nitrogen and oxygen atoms in total. The Bertz CT molecular complexity index is 1290. The summed E-state index contributed by atoms with van der Waals surface area (Å²) in [4.78, 5) is 29.9. The van der Waals surface area contributed by atoms with E-state index in [1.807, 2.05) is 55.6 Å². The summed E-state index contributed by atoms with van der Waals surface area (Å²) in [5.74, 6) is -0.174. The number of carbonyl (C=O) groups excluding carboxylic acids is 1. The zero-order valence-electron chi connectivity index (χ0n) is 17.1. The maximum atomic E-state index is 12.9. The van der Waals surface area contributed by atoms with Gasteiger partial charge in [0.1, 0.15) is 0 Å². The predicted octanol–water partition coefficient (Wildman–Crippen LogP) is 5.13. The number of rotatable bonds is 6. The normalized spacial score (nSPS) is 10.9. The molecule has 8 heteroatoms. The summed E-state index contributed by atoms with van der Waals surface area (Å²) < 4.78 is 1.44. The number of H-pyrrole nitrogens is 1. The first kappa shape index (κ1) is 21.1. The smallest absolute Gasteiger partial charge is 0.276 e. The molecule has 0 aliphatic heterocycles. The number of amides is 1. The Hall–Kier alpha value is -3.16. The summed E-state index contributed by atoms with van der Waals surface area (Å²) in [6, 6.07) is 15.2. The molecule has 0 aliphatic rings. The Kier molecular flexibility index (Phi) is 6.06. The number of halogens is 1. The number of benzene rings is 2. The molecule has 2 heterocycles. The molecule has 158 valence electrons. The molecule has 1 amide bonds. The third kappa shape index (κ3) is 4.62. The average molecular weight is 453 g/mol. The summed E-state index contributed by atoms with van der Waals surface area (Å²) in [7, 11) is 0. The second kappa shape index (κ2) is 8.91. The highest BCUT2D eigenvalue weighted by Crippen LogP contribution is 2.23. The van der Waals surface area contributed by atoms with Gasteiger partial charge in [-0.2, -0.15) is 4.68 Å². The van der Waals surface area contributed by atoms with Crippen LogP contribution < -0.4 is 10.9 Å². The van der Waals surface area contributed by atoms with Gasteiger partial charge in [0.25, 0.3) is 5.56 Å². The minimum Gasteiger partial charge on any atom is -0.326 e. The van der Waals surface area contributed by atoms with Gasteiger partial charge < -0.3 is 5.32 Å². The Morgan fingerprint density at radius 1 is 1.19 bits per heavy atom. The molecule has 0 atom stereocenters. The minimum absolute atomic E-state index is 0.174. The molecule has 2 aromatic heterocycles. The lowest BCUT2D eigenvalue weighted by Crippen LogP contribution is -2.19. The molecule has 2 N–H and O–H groups in total. The second-order valence-corrected chi connectivity index (χ2v) is 8.49. The maximum absolute atomic E-state index is 12.9. The van der Waals surface area contributed by atoms with Crippen LogP contribution in [0.25, 0.3) is 16.4 Å². The van der Waals surface area contributed by atoms with Gasteiger partial charge in [0.15, 0.2) is 0 Å². The molecule has 31 heavy (non-hydrogen) atoms. The molecule has 0 unspecified atom stereocenters. The van der Waals surface area contributed by atoms with Gasteiger partial charge in [-0.15, -0.1) is 11.3 Å². The van der Waals surface area contributed by atoms with E-state index in [0.29, 0.717) is 27.8 Å². The van der Waals surface area contributed by atoms with Crippen molar-refractivity contribution in [1.29, 1.82) is 0 Å². The Morgan fingerprint density at radius 2 is 1.97 bits per heavy atom. The van der Waals surface area contributed by atoms with Gasteiger partial charge in [-0.25, -0.2) is 4.98 Å². The van der Waals surface area contributed by atoms with Crippen LogP contribution in [0.1, 0.15) is 23.2 Å². The lowest BCUT2D eigenvalue weighted by atomic mass is 10.1. The largest absolute Gasteiger partial charge is 0.326 e. The van der Waals surface area contributed by atoms with Gasteiger partial charge >= 0.3 is 0 Å². The summed E-state index contributed by atoms with van der Waals surface area (Å²) in [5.41, 5.74) is 4.52. The molecule has 0 saturated heterocycles. The van der Waals surface area contributed by atoms with Crippen LogP contribution >= 0.6 is 22.9 Å². The molecule has 0 aliphatic carbocycles. The number of nitrogens with zero attached hydrogens (tertiary/aromatic N) is 2. The lowest BCUT2D eigenvalue weighted by Gasteiger charge is -2.06. The summed E-state index contributed by atoms with van der Waals surface area (Å²) in [6.07, 6.45) is 0.517. The zero-order chi connectivity index (χ0) is 22.0. The second-order valence-electron chi connectivity index (χ2n) is 7.25. The molecule has 0 radical (unpaired) electrons. The van der Waals surface area contributed by atoms with Gasteiger partial charge in [0.05, 0.1) is 5.69 Å². The highest BCUT2D eigenvalue weighted by molar-refractivity contribution is 7.12. The SMILES string of the molecule is Cc1ccc(NC(=O)CCc2c(C)[nH]n(-c3nc(-c4ccccc4)cs3)c2=O)cc1Cl. The molecule has 4 aromatic rings. The fraction of sp³-hybridized carbons (Fsp3) is 0.174. The van der Waals surface area contributed by atoms with E-state index in [1.165, 1.54) is 16.0 Å². The molecule has 0 fully saturated rings. The topological polar surface area (TPSA) is 79.8 Å². The number of hydrogen-bond acceptors (Lipinski definition) is 4. The third-order valence-corrected chi connectivity index (χ3v) is 6.24. The fourth-order valence-corrected chi connectivity index (χ4v) is 4.22. The van der Waals surface area contributed by atoms with Crippen molar-refractivity contribution in [3.63, 3.8) is 0 Å². The van der Waals surface area contributed by atoms with E-state index in [2.05, 4.69) is 15.4 Å². The quantitative estimate of drug-likeness (QED) is 0.425. The first-order chi connectivity index (χ1) is 14.9. The van der Waals surface area contributed by atoms with Crippen molar-refractivity contribution >= 4 is 34.5 Å². The van der Waals surface area contributed by atoms with E-state index in [4.69, 9.17) is 11.6 Å². The van der Waals surface area contributed by atoms with Crippen LogP contribution in [0.3, 0.4) is 0 Å². The van der Waals surface area contributed by atoms with Gasteiger partial charge in [-0.1, -0.05) is 48.0 Å². The van der Waals surface area contributed by atoms with Gasteiger partial charge in [-0.3, -0.25) is 14.7 Å². The van der Waals surface area contributed by atoms with Crippen LogP contribution in [0.5, 0.6) is 0 Å². The minimum atomic E-state index is -0.183. The van der Waals surface area contributed by atoms with E-state index in [-0.39, 0.29) is 17.9 Å². The first-order valence-corrected chi connectivity index (χ1v) is 11.1. The molecule has 4 rings (SSSR count). The predicted molar refractivity (Wildman–Crippen MR) is 125 cm³/mol. The van der Waals surface area contributed by atoms with E-state index in [9.17, 15) is 9.59 Å². The summed E-state index contributed by atoms with van der Waals surface area (Å²) in [6.45, 7) is 3.73. The fourth-order valence-electron chi connectivity index (χ4n) is 3.25. The van der Waals surface area contributed by atoms with Crippen LogP contribution in [0, 0.1) is 13.8 Å². The molecular formula is C23H21ClN4O2S. The summed E-state index contributed by atoms with van der Waals surface area (Å²) in [5, 5.41) is 9.00. The van der Waals surface area contributed by atoms with E-state index < -0.39 is 0 Å². The lowest BCUT2D eigenvalue weighted by molar-refractivity contribution is -0.116. The van der Waals surface area contributed by atoms with E-state index in [0.717, 1.165) is 22.5 Å². The van der Waals surface area contributed by atoms with E-state index >= 15 is 0 Å². The molecule has 0 spiro atoms. The third-order valence-electron chi connectivity index (χ3n) is 5.00. The average Bonchev–Trinajstić information content (AvgIpc) is 3.35. The van der Waals surface area contributed by atoms with Crippen LogP contribution in [0.15, 0.2) is 58.7 Å². The van der Waals surface area contributed by atoms with E-state index in [1.54, 1.807) is 12.1 Å². The standard InChI is InChI=1S/C23H21ClN4O2S/c1-14-8-9-17(12-19(14)24)25-21(29)11-10-18-15(2)27-28(22(18)30)23-26-20(13-31-23)16-6-4-3-5-7-16/h3-9,12-13,27H,10-11H2,1-2H3,(H,25,29). The number of aryl methyl sites for hydroxylation is 2. The van der Waals surface area contributed by atoms with Gasteiger partial charge in [0, 0.05) is 39.3 Å². The van der Waals surface area contributed by atoms with Crippen LogP contribution in [-0.4, -0.2) is 20.7 Å². The van der Waals surface area contributed by atoms with Gasteiger partial charge in [-0.05, 0) is 38.0 Å². The van der Waals surface area contributed by atoms with Crippen molar-refractivity contribution in [2.45, 2.75) is 26.7 Å². The number of aromatic amines is 1. The highest BCUT2D eigenvalue weighted by atomic mass is 35.5. The molecule has 0 bridgehead atoms. The van der Waals surface area contributed by atoms with Crippen molar-refractivity contribution in [2.24, 2.45) is 0 Å². The van der Waals surface area contributed by atoms with Crippen molar-refractivity contribution in [3.8, 4) is 16.4 Å². The van der Waals surface area contributed by atoms with Crippen molar-refractivity contribution in [3.05, 3.63) is 86.1 Å². The maximum Gasteiger partial charge on any atom is 0.276 e. The number of anilines is 1. The molecule has 2 aromatic carbocycles. The number of carbonyl (C=O) groups is 1. The number of aromatic nitrogens is 3. The van der Waals surface area contributed by atoms with Gasteiger partial charge in [0.2, 0.25) is 11.0 Å². The van der Waals surface area contributed by atoms with Crippen molar-refractivity contribution in [1.82, 2.24) is 14.8 Å². The van der Waals surface area contributed by atoms with Crippen LogP contribution in [-0.2, 0) is 11.2 Å². The number of thiazole rings is 1. The van der Waals surface area contributed by atoms with Crippen LogP contribution in [0.4, 0.5) is 5.69 Å². The van der Waals surface area contributed by atoms with Crippen molar-refractivity contribution < 1.29 is 4.79 Å². The Labute approximate surface area is 188 Å². The van der Waals surface area contributed by atoms with Crippen molar-refractivity contribution in [2.75, 3.05) is 5.32 Å². The monoisotopic (exact) mass is 452 g/mol. The number of nitrogens with one attached hydrogen (secondary N) is 2. The summed E-state index contributed by atoms with van der Waals surface area (Å²) >= 11 is 7.50.